The molecule has 11 heteroatoms. The first kappa shape index (κ1) is 21.5. The smallest absolute Gasteiger partial charge is 0.481 e. The van der Waals surface area contributed by atoms with Crippen molar-refractivity contribution in [2.45, 2.75) is 6.36 Å². The van der Waals surface area contributed by atoms with Crippen LogP contribution in [-0.4, -0.2) is 37.4 Å². The van der Waals surface area contributed by atoms with Crippen molar-refractivity contribution in [1.82, 2.24) is 0 Å². The zero-order valence-electron chi connectivity index (χ0n) is 14.7. The highest BCUT2D eigenvalue weighted by Crippen LogP contribution is 2.24. The molecule has 29 heavy (non-hydrogen) atoms. The molecule has 0 aliphatic rings. The summed E-state index contributed by atoms with van der Waals surface area (Å²) in [5, 5.41) is 2.33. The molecule has 0 aliphatic heterocycles. The van der Waals surface area contributed by atoms with Gasteiger partial charge in [-0.2, -0.15) is 0 Å². The number of benzene rings is 2. The van der Waals surface area contributed by atoms with E-state index in [1.807, 2.05) is 0 Å². The summed E-state index contributed by atoms with van der Waals surface area (Å²) < 4.78 is 49.8. The van der Waals surface area contributed by atoms with Crippen LogP contribution >= 0.6 is 0 Å². The van der Waals surface area contributed by atoms with Gasteiger partial charge < -0.3 is 25.3 Å². The van der Waals surface area contributed by atoms with Crippen LogP contribution < -0.4 is 20.5 Å². The summed E-state index contributed by atoms with van der Waals surface area (Å²) in [7, 11) is 0. The van der Waals surface area contributed by atoms with Gasteiger partial charge in [0.15, 0.2) is 13.2 Å². The molecule has 0 atom stereocenters. The molecule has 0 aromatic heterocycles. The Hall–Kier alpha value is -3.76. The van der Waals surface area contributed by atoms with E-state index >= 15 is 0 Å². The van der Waals surface area contributed by atoms with Crippen LogP contribution in [0.1, 0.15) is 10.4 Å². The predicted octanol–water partition coefficient (Wildman–Crippen LogP) is 2.24. The maximum absolute atomic E-state index is 12.1. The van der Waals surface area contributed by atoms with Gasteiger partial charge in [-0.25, -0.2) is 4.79 Å². The Kier molecular flexibility index (Phi) is 7.01. The van der Waals surface area contributed by atoms with E-state index in [0.29, 0.717) is 0 Å². The van der Waals surface area contributed by atoms with E-state index in [2.05, 4.69) is 10.1 Å². The van der Waals surface area contributed by atoms with E-state index in [-0.39, 0.29) is 17.0 Å². The van der Waals surface area contributed by atoms with Crippen molar-refractivity contribution in [2.75, 3.05) is 18.5 Å². The number of halogens is 3. The van der Waals surface area contributed by atoms with E-state index in [1.165, 1.54) is 24.3 Å². The highest BCUT2D eigenvalue weighted by molar-refractivity contribution is 5.95. The molecule has 2 aromatic rings. The van der Waals surface area contributed by atoms with Crippen LogP contribution in [-0.2, 0) is 14.3 Å². The molecular formula is C18H15F3N2O6. The highest BCUT2D eigenvalue weighted by Gasteiger charge is 2.30. The third kappa shape index (κ3) is 7.40. The molecule has 0 aliphatic carbocycles. The lowest BCUT2D eigenvalue weighted by atomic mass is 10.2. The number of ether oxygens (including phenoxy) is 3. The normalized spacial score (nSPS) is 10.7. The summed E-state index contributed by atoms with van der Waals surface area (Å²) in [4.78, 5) is 34.7. The maximum atomic E-state index is 12.1. The fourth-order valence-electron chi connectivity index (χ4n) is 2.06. The van der Waals surface area contributed by atoms with Gasteiger partial charge in [-0.3, -0.25) is 9.59 Å². The quantitative estimate of drug-likeness (QED) is 0.643. The number of hydrogen-bond donors (Lipinski definition) is 2. The molecule has 0 saturated heterocycles. The second-order valence-electron chi connectivity index (χ2n) is 5.43. The van der Waals surface area contributed by atoms with Gasteiger partial charge in [0, 0.05) is 5.69 Å². The molecule has 2 amide bonds. The van der Waals surface area contributed by atoms with Gasteiger partial charge in [-0.15, -0.1) is 13.2 Å². The summed E-state index contributed by atoms with van der Waals surface area (Å²) in [6, 6.07) is 10.4. The fraction of sp³-hybridized carbons (Fsp3) is 0.167. The molecule has 8 nitrogen and oxygen atoms in total. The molecule has 2 aromatic carbocycles. The summed E-state index contributed by atoms with van der Waals surface area (Å²) in [6.07, 6.45) is -4.82. The second-order valence-corrected chi connectivity index (χ2v) is 5.43. The summed E-state index contributed by atoms with van der Waals surface area (Å²) in [6.45, 7) is -1.22. The Labute approximate surface area is 162 Å². The number of hydrogen-bond acceptors (Lipinski definition) is 6. The fourth-order valence-corrected chi connectivity index (χ4v) is 2.06. The number of nitrogens with two attached hydrogens (primary N) is 1. The third-order valence-electron chi connectivity index (χ3n) is 3.23. The number of carbonyl (C=O) groups is 3. The van der Waals surface area contributed by atoms with Crippen LogP contribution in [0.15, 0.2) is 48.5 Å². The number of carbonyl (C=O) groups excluding carboxylic acids is 3. The minimum atomic E-state index is -4.82. The Morgan fingerprint density at radius 3 is 2.24 bits per heavy atom. The van der Waals surface area contributed by atoms with Crippen LogP contribution in [0.3, 0.4) is 0 Å². The van der Waals surface area contributed by atoms with Crippen LogP contribution in [0.2, 0.25) is 0 Å². The van der Waals surface area contributed by atoms with E-state index in [4.69, 9.17) is 15.2 Å². The Bertz CT molecular complexity index is 884. The molecule has 2 rings (SSSR count). The zero-order valence-corrected chi connectivity index (χ0v) is 14.7. The second kappa shape index (κ2) is 9.44. The standard InChI is InChI=1S/C18H15F3N2O6/c19-18(20,21)29-12-7-5-11(6-8-12)23-15(24)9-28-16(25)10-27-14-4-2-1-3-13(14)17(22)26/h1-8H,9-10H2,(H2,22,26)(H,23,24). The van der Waals surface area contributed by atoms with Crippen LogP contribution in [0.4, 0.5) is 18.9 Å². The first-order valence-corrected chi connectivity index (χ1v) is 7.97. The zero-order chi connectivity index (χ0) is 21.4. The number of anilines is 1. The summed E-state index contributed by atoms with van der Waals surface area (Å²) in [5.41, 5.74) is 5.43. The average Bonchev–Trinajstić information content (AvgIpc) is 2.65. The van der Waals surface area contributed by atoms with Crippen molar-refractivity contribution >= 4 is 23.5 Å². The van der Waals surface area contributed by atoms with Gasteiger partial charge in [0.1, 0.15) is 11.5 Å². The lowest BCUT2D eigenvalue weighted by molar-refractivity contribution is -0.274. The van der Waals surface area contributed by atoms with Crippen molar-refractivity contribution in [3.8, 4) is 11.5 Å². The van der Waals surface area contributed by atoms with Crippen molar-refractivity contribution in [3.05, 3.63) is 54.1 Å². The number of rotatable bonds is 8. The molecule has 0 spiro atoms. The average molecular weight is 412 g/mol. The van der Waals surface area contributed by atoms with Crippen molar-refractivity contribution < 1.29 is 41.8 Å². The minimum absolute atomic E-state index is 0.0796. The number of para-hydroxylation sites is 1. The largest absolute Gasteiger partial charge is 0.573 e. The number of amides is 2. The lowest BCUT2D eigenvalue weighted by Crippen LogP contribution is -2.24. The lowest BCUT2D eigenvalue weighted by Gasteiger charge is -2.11. The predicted molar refractivity (Wildman–Crippen MR) is 93.2 cm³/mol. The number of alkyl halides is 3. The molecule has 0 fully saturated rings. The van der Waals surface area contributed by atoms with Crippen molar-refractivity contribution in [3.63, 3.8) is 0 Å². The third-order valence-corrected chi connectivity index (χ3v) is 3.23. The Morgan fingerprint density at radius 2 is 1.62 bits per heavy atom. The van der Waals surface area contributed by atoms with Gasteiger partial charge >= 0.3 is 12.3 Å². The Morgan fingerprint density at radius 1 is 0.966 bits per heavy atom. The van der Waals surface area contributed by atoms with Crippen molar-refractivity contribution in [2.24, 2.45) is 5.73 Å². The minimum Gasteiger partial charge on any atom is -0.481 e. The van der Waals surface area contributed by atoms with Gasteiger partial charge in [-0.05, 0) is 36.4 Å². The Balaban J connectivity index is 1.77. The van der Waals surface area contributed by atoms with Gasteiger partial charge in [-0.1, -0.05) is 12.1 Å². The molecule has 154 valence electrons. The molecular weight excluding hydrogens is 397 g/mol. The molecule has 0 bridgehead atoms. The topological polar surface area (TPSA) is 117 Å². The first-order chi connectivity index (χ1) is 13.6. The van der Waals surface area contributed by atoms with Crippen molar-refractivity contribution in [1.29, 1.82) is 0 Å². The van der Waals surface area contributed by atoms with Crippen LogP contribution in [0.25, 0.3) is 0 Å². The van der Waals surface area contributed by atoms with Crippen LogP contribution in [0, 0.1) is 0 Å². The first-order valence-electron chi connectivity index (χ1n) is 7.97. The van der Waals surface area contributed by atoms with E-state index < -0.39 is 43.1 Å². The van der Waals surface area contributed by atoms with E-state index in [1.54, 1.807) is 12.1 Å². The van der Waals surface area contributed by atoms with E-state index in [9.17, 15) is 27.6 Å². The van der Waals surface area contributed by atoms with Gasteiger partial charge in [0.2, 0.25) is 0 Å². The van der Waals surface area contributed by atoms with Gasteiger partial charge in [0.05, 0.1) is 5.56 Å². The molecule has 3 N–H and O–H groups in total. The SMILES string of the molecule is NC(=O)c1ccccc1OCC(=O)OCC(=O)Nc1ccc(OC(F)(F)F)cc1. The van der Waals surface area contributed by atoms with E-state index in [0.717, 1.165) is 12.1 Å². The monoisotopic (exact) mass is 412 g/mol. The molecule has 0 heterocycles. The van der Waals surface area contributed by atoms with Crippen LogP contribution in [0.5, 0.6) is 11.5 Å². The molecule has 0 unspecified atom stereocenters. The molecule has 0 saturated carbocycles. The number of nitrogens with one attached hydrogen (secondary N) is 1. The molecule has 0 radical (unpaired) electrons. The van der Waals surface area contributed by atoms with Gasteiger partial charge in [0.25, 0.3) is 11.8 Å². The highest BCUT2D eigenvalue weighted by atomic mass is 19.4. The number of esters is 1. The number of primary amides is 1. The summed E-state index contributed by atoms with van der Waals surface area (Å²) >= 11 is 0. The maximum Gasteiger partial charge on any atom is 0.573 e. The summed E-state index contributed by atoms with van der Waals surface area (Å²) in [5.74, 6) is -2.70.